The molecule has 0 aliphatic carbocycles. The van der Waals surface area contributed by atoms with Gasteiger partial charge in [0.05, 0.1) is 24.0 Å². The third-order valence-electron chi connectivity index (χ3n) is 4.40. The number of benzene rings is 2. The number of pyridine rings is 1. The number of nitrogens with zero attached hydrogens (tertiary/aromatic N) is 1. The highest BCUT2D eigenvalue weighted by Crippen LogP contribution is 2.32. The minimum atomic E-state index is -0.345. The van der Waals surface area contributed by atoms with E-state index in [4.69, 9.17) is 21.1 Å². The van der Waals surface area contributed by atoms with Gasteiger partial charge >= 0.3 is 0 Å². The molecule has 4 rings (SSSR count). The summed E-state index contributed by atoms with van der Waals surface area (Å²) in [7, 11) is 1.59. The third kappa shape index (κ3) is 3.88. The van der Waals surface area contributed by atoms with Crippen LogP contribution in [0.5, 0.6) is 17.4 Å². The summed E-state index contributed by atoms with van der Waals surface area (Å²) in [6.45, 7) is 1.97. The molecule has 0 fully saturated rings. The fraction of sp³-hybridized carbons (Fsp3) is 0.0909. The van der Waals surface area contributed by atoms with Gasteiger partial charge in [-0.15, -0.1) is 0 Å². The van der Waals surface area contributed by atoms with E-state index in [0.29, 0.717) is 33.8 Å². The zero-order valence-electron chi connectivity index (χ0n) is 15.8. The molecule has 6 nitrogen and oxygen atoms in total. The van der Waals surface area contributed by atoms with Crippen LogP contribution in [0.3, 0.4) is 0 Å². The second-order valence-corrected chi connectivity index (χ2v) is 6.83. The molecule has 146 valence electrons. The fourth-order valence-electron chi connectivity index (χ4n) is 2.94. The smallest absolute Gasteiger partial charge is 0.273 e. The van der Waals surface area contributed by atoms with Crippen LogP contribution in [0.4, 0.5) is 5.69 Å². The molecule has 2 heterocycles. The topological polar surface area (TPSA) is 76.2 Å². The van der Waals surface area contributed by atoms with Crippen LogP contribution in [-0.2, 0) is 0 Å². The molecule has 29 heavy (non-hydrogen) atoms. The van der Waals surface area contributed by atoms with Gasteiger partial charge in [-0.2, -0.15) is 0 Å². The normalized spacial score (nSPS) is 10.7. The van der Waals surface area contributed by atoms with Crippen molar-refractivity contribution in [2.45, 2.75) is 6.92 Å². The number of carbonyl (C=O) groups is 1. The molecule has 0 aliphatic rings. The summed E-state index contributed by atoms with van der Waals surface area (Å²) in [4.78, 5) is 19.9. The van der Waals surface area contributed by atoms with E-state index in [1.54, 1.807) is 19.2 Å². The number of rotatable bonds is 5. The SMILES string of the molecule is COc1cc(C)ccc1Oc1ccc(NC(=O)c2[nH]c3ccccc3c2Cl)cn1. The van der Waals surface area contributed by atoms with Gasteiger partial charge in [-0.05, 0) is 36.8 Å². The van der Waals surface area contributed by atoms with Crippen LogP contribution in [0.1, 0.15) is 16.1 Å². The Hall–Kier alpha value is -3.51. The van der Waals surface area contributed by atoms with Crippen molar-refractivity contribution in [3.8, 4) is 17.4 Å². The fourth-order valence-corrected chi connectivity index (χ4v) is 3.24. The number of hydrogen-bond acceptors (Lipinski definition) is 4. The highest BCUT2D eigenvalue weighted by molar-refractivity contribution is 6.39. The molecular formula is C22H18ClN3O3. The van der Waals surface area contributed by atoms with Gasteiger partial charge in [0.25, 0.3) is 5.91 Å². The minimum Gasteiger partial charge on any atom is -0.493 e. The lowest BCUT2D eigenvalue weighted by atomic mass is 10.2. The van der Waals surface area contributed by atoms with Gasteiger partial charge in [0.1, 0.15) is 5.69 Å². The number of carbonyl (C=O) groups excluding carboxylic acids is 1. The molecule has 0 spiro atoms. The lowest BCUT2D eigenvalue weighted by molar-refractivity contribution is 0.102. The van der Waals surface area contributed by atoms with E-state index in [9.17, 15) is 4.79 Å². The molecule has 0 aliphatic heterocycles. The molecule has 2 aromatic heterocycles. The molecule has 0 saturated heterocycles. The summed E-state index contributed by atoms with van der Waals surface area (Å²) in [6.07, 6.45) is 1.52. The number of anilines is 1. The first-order valence-corrected chi connectivity index (χ1v) is 9.29. The van der Waals surface area contributed by atoms with Gasteiger partial charge in [0.15, 0.2) is 11.5 Å². The third-order valence-corrected chi connectivity index (χ3v) is 4.79. The monoisotopic (exact) mass is 407 g/mol. The predicted octanol–water partition coefficient (Wildman–Crippen LogP) is 5.58. The molecule has 2 N–H and O–H groups in total. The van der Waals surface area contributed by atoms with Crippen LogP contribution < -0.4 is 14.8 Å². The van der Waals surface area contributed by atoms with E-state index in [1.165, 1.54) is 6.20 Å². The van der Waals surface area contributed by atoms with Gasteiger partial charge < -0.3 is 19.8 Å². The largest absolute Gasteiger partial charge is 0.493 e. The Morgan fingerprint density at radius 3 is 2.66 bits per heavy atom. The predicted molar refractivity (Wildman–Crippen MR) is 113 cm³/mol. The second kappa shape index (κ2) is 7.85. The number of H-pyrrole nitrogens is 1. The standard InChI is InChI=1S/C22H18ClN3O3/c1-13-7-9-17(18(11-13)28-2)29-19-10-8-14(12-24-19)25-22(27)21-20(23)15-5-3-4-6-16(15)26-21/h3-12,26H,1-2H3,(H,25,27). The van der Waals surface area contributed by atoms with E-state index < -0.39 is 0 Å². The van der Waals surface area contributed by atoms with Crippen molar-refractivity contribution in [1.82, 2.24) is 9.97 Å². The molecule has 0 bridgehead atoms. The van der Waals surface area contributed by atoms with Crippen LogP contribution in [0.25, 0.3) is 10.9 Å². The number of ether oxygens (including phenoxy) is 2. The Morgan fingerprint density at radius 2 is 1.93 bits per heavy atom. The number of fused-ring (bicyclic) bond motifs is 1. The zero-order valence-corrected chi connectivity index (χ0v) is 16.6. The Balaban J connectivity index is 1.49. The van der Waals surface area contributed by atoms with Gasteiger partial charge in [-0.1, -0.05) is 35.9 Å². The number of amides is 1. The Kier molecular flexibility index (Phi) is 5.10. The highest BCUT2D eigenvalue weighted by atomic mass is 35.5. The summed E-state index contributed by atoms with van der Waals surface area (Å²) in [5.41, 5.74) is 2.69. The van der Waals surface area contributed by atoms with Crippen molar-refractivity contribution in [1.29, 1.82) is 0 Å². The molecule has 0 saturated carbocycles. The quantitative estimate of drug-likeness (QED) is 0.453. The van der Waals surface area contributed by atoms with Gasteiger partial charge in [0, 0.05) is 17.0 Å². The van der Waals surface area contributed by atoms with Gasteiger partial charge in [0.2, 0.25) is 5.88 Å². The van der Waals surface area contributed by atoms with Crippen LogP contribution in [0.15, 0.2) is 60.8 Å². The van der Waals surface area contributed by atoms with E-state index in [-0.39, 0.29) is 5.91 Å². The lowest BCUT2D eigenvalue weighted by Crippen LogP contribution is -2.13. The number of aromatic nitrogens is 2. The van der Waals surface area contributed by atoms with Crippen molar-refractivity contribution in [2.75, 3.05) is 12.4 Å². The number of nitrogens with one attached hydrogen (secondary N) is 2. The van der Waals surface area contributed by atoms with E-state index >= 15 is 0 Å². The Bertz CT molecular complexity index is 1190. The maximum atomic E-state index is 12.6. The minimum absolute atomic E-state index is 0.303. The first-order valence-electron chi connectivity index (χ1n) is 8.91. The first kappa shape index (κ1) is 18.8. The summed E-state index contributed by atoms with van der Waals surface area (Å²) in [6, 6.07) is 16.5. The lowest BCUT2D eigenvalue weighted by Gasteiger charge is -2.11. The Morgan fingerprint density at radius 1 is 1.10 bits per heavy atom. The molecule has 0 unspecified atom stereocenters. The number of aryl methyl sites for hydroxylation is 1. The maximum Gasteiger partial charge on any atom is 0.273 e. The molecule has 7 heteroatoms. The van der Waals surface area contributed by atoms with Crippen LogP contribution in [-0.4, -0.2) is 23.0 Å². The summed E-state index contributed by atoms with van der Waals surface area (Å²) in [5.74, 6) is 1.22. The zero-order chi connectivity index (χ0) is 20.4. The van der Waals surface area contributed by atoms with Crippen molar-refractivity contribution in [2.24, 2.45) is 0 Å². The summed E-state index contributed by atoms with van der Waals surface area (Å²) >= 11 is 6.33. The van der Waals surface area contributed by atoms with Crippen molar-refractivity contribution < 1.29 is 14.3 Å². The summed E-state index contributed by atoms with van der Waals surface area (Å²) in [5, 5.41) is 3.97. The molecule has 2 aromatic carbocycles. The number of aromatic amines is 1. The highest BCUT2D eigenvalue weighted by Gasteiger charge is 2.16. The molecule has 1 amide bonds. The Labute approximate surface area is 172 Å². The maximum absolute atomic E-state index is 12.6. The first-order chi connectivity index (χ1) is 14.0. The number of methoxy groups -OCH3 is 1. The average molecular weight is 408 g/mol. The molecular weight excluding hydrogens is 390 g/mol. The number of hydrogen-bond donors (Lipinski definition) is 2. The van der Waals surface area contributed by atoms with Crippen molar-refractivity contribution >= 4 is 34.1 Å². The average Bonchev–Trinajstić information content (AvgIpc) is 3.07. The molecule has 4 aromatic rings. The summed E-state index contributed by atoms with van der Waals surface area (Å²) < 4.78 is 11.1. The van der Waals surface area contributed by atoms with Gasteiger partial charge in [-0.3, -0.25) is 4.79 Å². The van der Waals surface area contributed by atoms with Crippen LogP contribution in [0, 0.1) is 6.92 Å². The van der Waals surface area contributed by atoms with E-state index in [1.807, 2.05) is 49.4 Å². The van der Waals surface area contributed by atoms with Gasteiger partial charge in [-0.25, -0.2) is 4.98 Å². The second-order valence-electron chi connectivity index (χ2n) is 6.46. The number of para-hydroxylation sites is 1. The van der Waals surface area contributed by atoms with Crippen LogP contribution in [0.2, 0.25) is 5.02 Å². The van der Waals surface area contributed by atoms with Crippen LogP contribution >= 0.6 is 11.6 Å². The molecule has 0 radical (unpaired) electrons. The number of halogens is 1. The van der Waals surface area contributed by atoms with Crippen molar-refractivity contribution in [3.05, 3.63) is 77.1 Å². The molecule has 0 atom stereocenters. The van der Waals surface area contributed by atoms with E-state index in [0.717, 1.165) is 16.5 Å². The van der Waals surface area contributed by atoms with E-state index in [2.05, 4.69) is 15.3 Å². The van der Waals surface area contributed by atoms with Crippen molar-refractivity contribution in [3.63, 3.8) is 0 Å².